The van der Waals surface area contributed by atoms with E-state index in [1.165, 1.54) is 13.1 Å². The summed E-state index contributed by atoms with van der Waals surface area (Å²) >= 11 is 0. The maximum atomic E-state index is 14.1. The Labute approximate surface area is 171 Å². The monoisotopic (exact) mass is 415 g/mol. The van der Waals surface area contributed by atoms with E-state index in [2.05, 4.69) is 10.4 Å². The first kappa shape index (κ1) is 21.3. The molecule has 1 N–H and O–H groups in total. The highest BCUT2D eigenvalue weighted by molar-refractivity contribution is 6.06. The largest absolute Gasteiger partial charge is 0.320 e. The summed E-state index contributed by atoms with van der Waals surface area (Å²) in [6, 6.07) is 11.1. The van der Waals surface area contributed by atoms with Gasteiger partial charge >= 0.3 is 0 Å². The first-order chi connectivity index (χ1) is 14.2. The van der Waals surface area contributed by atoms with E-state index in [1.54, 1.807) is 12.1 Å². The van der Waals surface area contributed by atoms with E-state index in [0.29, 0.717) is 11.3 Å². The van der Waals surface area contributed by atoms with Gasteiger partial charge in [0.1, 0.15) is 11.5 Å². The summed E-state index contributed by atoms with van der Waals surface area (Å²) in [4.78, 5) is 24.8. The fraction of sp³-hybridized carbons (Fsp3) is 0.227. The van der Waals surface area contributed by atoms with Crippen molar-refractivity contribution in [3.8, 4) is 11.3 Å². The maximum Gasteiger partial charge on any atom is 0.268 e. The molecular formula is C22H20F3N3O2. The number of carbonyl (C=O) groups is 1. The van der Waals surface area contributed by atoms with Crippen LogP contribution in [0, 0.1) is 5.82 Å². The van der Waals surface area contributed by atoms with Crippen molar-refractivity contribution in [2.24, 2.45) is 7.05 Å². The number of rotatable bonds is 5. The lowest BCUT2D eigenvalue weighted by atomic mass is 9.94. The molecule has 0 spiro atoms. The number of anilines is 1. The predicted molar refractivity (Wildman–Crippen MR) is 108 cm³/mol. The highest BCUT2D eigenvalue weighted by Crippen LogP contribution is 2.32. The Balaban J connectivity index is 2.10. The van der Waals surface area contributed by atoms with Gasteiger partial charge in [0.15, 0.2) is 0 Å². The topological polar surface area (TPSA) is 64.0 Å². The number of nitrogens with zero attached hydrogens (tertiary/aromatic N) is 2. The van der Waals surface area contributed by atoms with Crippen LogP contribution in [0.5, 0.6) is 0 Å². The van der Waals surface area contributed by atoms with E-state index in [1.807, 2.05) is 26.0 Å². The Kier molecular flexibility index (Phi) is 6.05. The molecule has 1 amide bonds. The average Bonchev–Trinajstić information content (AvgIpc) is 2.70. The molecular weight excluding hydrogens is 395 g/mol. The fourth-order valence-corrected chi connectivity index (χ4v) is 3.09. The number of carbonyl (C=O) groups excluding carboxylic acids is 1. The molecule has 0 saturated heterocycles. The van der Waals surface area contributed by atoms with Gasteiger partial charge in [0.25, 0.3) is 17.9 Å². The van der Waals surface area contributed by atoms with Crippen LogP contribution in [-0.4, -0.2) is 15.7 Å². The number of nitrogens with one attached hydrogen (secondary N) is 1. The number of hydrogen-bond donors (Lipinski definition) is 1. The van der Waals surface area contributed by atoms with Crippen LogP contribution in [0.25, 0.3) is 11.3 Å². The molecule has 3 rings (SSSR count). The van der Waals surface area contributed by atoms with E-state index >= 15 is 0 Å². The third kappa shape index (κ3) is 4.27. The summed E-state index contributed by atoms with van der Waals surface area (Å²) in [6.45, 7) is 3.98. The predicted octanol–water partition coefficient (Wildman–Crippen LogP) is 4.90. The Morgan fingerprint density at radius 2 is 1.80 bits per heavy atom. The Hall–Kier alpha value is -3.42. The van der Waals surface area contributed by atoms with Gasteiger partial charge in [0, 0.05) is 24.2 Å². The summed E-state index contributed by atoms with van der Waals surface area (Å²) < 4.78 is 41.2. The number of aryl methyl sites for hydroxylation is 1. The summed E-state index contributed by atoms with van der Waals surface area (Å²) in [5, 5.41) is 6.74. The van der Waals surface area contributed by atoms with Gasteiger partial charge in [-0.15, -0.1) is 0 Å². The molecule has 0 unspecified atom stereocenters. The summed E-state index contributed by atoms with van der Waals surface area (Å²) in [7, 11) is 1.47. The average molecular weight is 415 g/mol. The smallest absolute Gasteiger partial charge is 0.268 e. The van der Waals surface area contributed by atoms with Crippen molar-refractivity contribution in [2.75, 3.05) is 5.32 Å². The third-order valence-electron chi connectivity index (χ3n) is 4.67. The highest BCUT2D eigenvalue weighted by Gasteiger charge is 2.20. The zero-order valence-electron chi connectivity index (χ0n) is 16.6. The molecule has 8 heteroatoms. The summed E-state index contributed by atoms with van der Waals surface area (Å²) in [5.41, 5.74) is 0.506. The van der Waals surface area contributed by atoms with Crippen LogP contribution in [-0.2, 0) is 7.05 Å². The van der Waals surface area contributed by atoms with Crippen LogP contribution < -0.4 is 10.9 Å². The van der Waals surface area contributed by atoms with Crippen molar-refractivity contribution in [1.29, 1.82) is 0 Å². The van der Waals surface area contributed by atoms with Crippen molar-refractivity contribution in [3.05, 3.63) is 81.4 Å². The summed E-state index contributed by atoms with van der Waals surface area (Å²) in [6.07, 6.45) is -2.85. The summed E-state index contributed by atoms with van der Waals surface area (Å²) in [5.74, 6) is -1.77. The van der Waals surface area contributed by atoms with E-state index in [9.17, 15) is 22.8 Å². The van der Waals surface area contributed by atoms with Gasteiger partial charge in [-0.3, -0.25) is 9.59 Å². The van der Waals surface area contributed by atoms with Crippen LogP contribution in [0.1, 0.15) is 47.7 Å². The lowest BCUT2D eigenvalue weighted by Gasteiger charge is -2.16. The normalized spacial score (nSPS) is 11.2. The second-order valence-corrected chi connectivity index (χ2v) is 7.10. The van der Waals surface area contributed by atoms with E-state index in [4.69, 9.17) is 0 Å². The minimum Gasteiger partial charge on any atom is -0.320 e. The number of halogens is 3. The van der Waals surface area contributed by atoms with Crippen molar-refractivity contribution in [3.63, 3.8) is 0 Å². The van der Waals surface area contributed by atoms with Crippen molar-refractivity contribution in [2.45, 2.75) is 26.2 Å². The first-order valence-electron chi connectivity index (χ1n) is 9.25. The van der Waals surface area contributed by atoms with E-state index < -0.39 is 34.8 Å². The molecule has 1 aromatic heterocycles. The number of alkyl halides is 2. The van der Waals surface area contributed by atoms with Crippen LogP contribution in [0.2, 0.25) is 0 Å². The molecule has 0 bridgehead atoms. The molecule has 0 saturated carbocycles. The first-order valence-corrected chi connectivity index (χ1v) is 9.25. The fourth-order valence-electron chi connectivity index (χ4n) is 3.09. The molecule has 0 atom stereocenters. The number of amides is 1. The molecule has 0 aliphatic rings. The molecule has 2 aromatic carbocycles. The Bertz CT molecular complexity index is 1160. The lowest BCUT2D eigenvalue weighted by molar-refractivity contribution is 0.102. The lowest BCUT2D eigenvalue weighted by Crippen LogP contribution is -2.23. The van der Waals surface area contributed by atoms with Gasteiger partial charge in [-0.25, -0.2) is 17.9 Å². The van der Waals surface area contributed by atoms with Gasteiger partial charge in [0.2, 0.25) is 0 Å². The molecule has 30 heavy (non-hydrogen) atoms. The van der Waals surface area contributed by atoms with E-state index in [0.717, 1.165) is 28.4 Å². The van der Waals surface area contributed by atoms with Crippen LogP contribution in [0.3, 0.4) is 0 Å². The minimum absolute atomic E-state index is 0.0676. The second-order valence-electron chi connectivity index (χ2n) is 7.10. The molecule has 3 aromatic rings. The van der Waals surface area contributed by atoms with Crippen LogP contribution in [0.4, 0.5) is 18.9 Å². The highest BCUT2D eigenvalue weighted by atomic mass is 19.3. The Morgan fingerprint density at radius 3 is 2.47 bits per heavy atom. The van der Waals surface area contributed by atoms with Gasteiger partial charge in [-0.2, -0.15) is 5.10 Å². The maximum absolute atomic E-state index is 14.1. The van der Waals surface area contributed by atoms with Gasteiger partial charge in [-0.1, -0.05) is 44.2 Å². The second kappa shape index (κ2) is 8.52. The SMILES string of the molecule is CC(C)c1ccccc1-c1nn(C)c(=O)cc1NC(=O)c1cc(C(F)F)ccc1F. The number of aromatic nitrogens is 2. The van der Waals surface area contributed by atoms with Crippen molar-refractivity contribution in [1.82, 2.24) is 9.78 Å². The van der Waals surface area contributed by atoms with E-state index in [-0.39, 0.29) is 11.6 Å². The zero-order valence-corrected chi connectivity index (χ0v) is 16.6. The number of benzene rings is 2. The minimum atomic E-state index is -2.85. The van der Waals surface area contributed by atoms with Crippen LogP contribution >= 0.6 is 0 Å². The number of hydrogen-bond acceptors (Lipinski definition) is 3. The molecule has 0 aliphatic heterocycles. The molecule has 156 valence electrons. The molecule has 1 heterocycles. The third-order valence-corrected chi connectivity index (χ3v) is 4.67. The van der Waals surface area contributed by atoms with Gasteiger partial charge < -0.3 is 5.32 Å². The molecule has 5 nitrogen and oxygen atoms in total. The van der Waals surface area contributed by atoms with Gasteiger partial charge in [-0.05, 0) is 23.6 Å². The Morgan fingerprint density at radius 1 is 1.10 bits per heavy atom. The van der Waals surface area contributed by atoms with Crippen molar-refractivity contribution < 1.29 is 18.0 Å². The molecule has 0 aliphatic carbocycles. The van der Waals surface area contributed by atoms with Gasteiger partial charge in [0.05, 0.1) is 11.3 Å². The molecule has 0 radical (unpaired) electrons. The molecule has 0 fully saturated rings. The van der Waals surface area contributed by atoms with Crippen molar-refractivity contribution >= 4 is 11.6 Å². The standard InChI is InChI=1S/C22H20F3N3O2/c1-12(2)14-6-4-5-7-15(14)20-18(11-19(29)28(3)27-20)26-22(30)16-10-13(21(24)25)8-9-17(16)23/h4-12,21H,1-3H3,(H,26,30). The quantitative estimate of drug-likeness (QED) is 0.645. The zero-order chi connectivity index (χ0) is 22.0. The van der Waals surface area contributed by atoms with Crippen LogP contribution in [0.15, 0.2) is 53.3 Å².